The first-order valence-electron chi connectivity index (χ1n) is 5.33. The van der Waals surface area contributed by atoms with Crippen LogP contribution in [0.5, 0.6) is 0 Å². The Bertz CT molecular complexity index is 235. The Kier molecular flexibility index (Phi) is 3.67. The van der Waals surface area contributed by atoms with E-state index in [0.29, 0.717) is 18.9 Å². The summed E-state index contributed by atoms with van der Waals surface area (Å²) >= 11 is 0. The molecule has 1 atom stereocenters. The molecule has 0 bridgehead atoms. The van der Waals surface area contributed by atoms with E-state index in [1.54, 1.807) is 4.90 Å². The van der Waals surface area contributed by atoms with Crippen LogP contribution in [-0.2, 0) is 9.59 Å². The van der Waals surface area contributed by atoms with Gasteiger partial charge in [-0.25, -0.2) is 0 Å². The van der Waals surface area contributed by atoms with Crippen molar-refractivity contribution in [2.75, 3.05) is 13.1 Å². The van der Waals surface area contributed by atoms with Crippen LogP contribution in [0.15, 0.2) is 0 Å². The zero-order chi connectivity index (χ0) is 10.7. The van der Waals surface area contributed by atoms with Gasteiger partial charge in [-0.15, -0.1) is 0 Å². The van der Waals surface area contributed by atoms with Crippen LogP contribution >= 0.6 is 0 Å². The third-order valence-corrected chi connectivity index (χ3v) is 2.95. The van der Waals surface area contributed by atoms with Gasteiger partial charge in [0.2, 0.25) is 5.91 Å². The quantitative estimate of drug-likeness (QED) is 0.672. The lowest BCUT2D eigenvalue weighted by Gasteiger charge is -2.29. The topological polar surface area (TPSA) is 37.4 Å². The summed E-state index contributed by atoms with van der Waals surface area (Å²) in [5.74, 6) is 0.703. The van der Waals surface area contributed by atoms with Crippen molar-refractivity contribution in [2.24, 2.45) is 11.8 Å². The Morgan fingerprint density at radius 1 is 1.36 bits per heavy atom. The molecule has 0 saturated carbocycles. The molecule has 0 spiro atoms. The number of likely N-dealkylation sites (tertiary alicyclic amines) is 1. The van der Waals surface area contributed by atoms with Crippen LogP contribution in [0.25, 0.3) is 0 Å². The third-order valence-electron chi connectivity index (χ3n) is 2.95. The highest BCUT2D eigenvalue weighted by Crippen LogP contribution is 2.16. The molecule has 0 N–H and O–H groups in total. The molecule has 0 aromatic carbocycles. The molecular weight excluding hydrogens is 178 g/mol. The number of carbonyl (C=O) groups excluding carboxylic acids is 2. The lowest BCUT2D eigenvalue weighted by Crippen LogP contribution is -2.43. The number of carbonyl (C=O) groups is 2. The Labute approximate surface area is 85.5 Å². The summed E-state index contributed by atoms with van der Waals surface area (Å²) < 4.78 is 0. The Balaban J connectivity index is 2.55. The second-order valence-corrected chi connectivity index (χ2v) is 4.43. The fourth-order valence-electron chi connectivity index (χ4n) is 1.60. The SMILES string of the molecule is CC(C)C(C)C(=O)N1CCCC(=O)C1. The van der Waals surface area contributed by atoms with Crippen LogP contribution in [0.4, 0.5) is 0 Å². The highest BCUT2D eigenvalue weighted by molar-refractivity contribution is 5.88. The van der Waals surface area contributed by atoms with Crippen LogP contribution in [-0.4, -0.2) is 29.7 Å². The minimum atomic E-state index is 0.0286. The maximum Gasteiger partial charge on any atom is 0.226 e. The van der Waals surface area contributed by atoms with Crippen molar-refractivity contribution in [2.45, 2.75) is 33.6 Å². The largest absolute Gasteiger partial charge is 0.335 e. The van der Waals surface area contributed by atoms with Gasteiger partial charge in [-0.2, -0.15) is 0 Å². The van der Waals surface area contributed by atoms with Gasteiger partial charge >= 0.3 is 0 Å². The van der Waals surface area contributed by atoms with Crippen molar-refractivity contribution in [1.29, 1.82) is 0 Å². The average Bonchev–Trinajstić information content (AvgIpc) is 2.15. The molecule has 1 amide bonds. The number of hydrogen-bond acceptors (Lipinski definition) is 2. The minimum absolute atomic E-state index is 0.0286. The van der Waals surface area contributed by atoms with Crippen LogP contribution in [0.1, 0.15) is 33.6 Å². The summed E-state index contributed by atoms with van der Waals surface area (Å²) in [6.07, 6.45) is 1.47. The van der Waals surface area contributed by atoms with E-state index in [0.717, 1.165) is 13.0 Å². The molecule has 1 rings (SSSR count). The molecular formula is C11H19NO2. The molecule has 1 heterocycles. The first kappa shape index (κ1) is 11.2. The summed E-state index contributed by atoms with van der Waals surface area (Å²) in [5, 5.41) is 0. The lowest BCUT2D eigenvalue weighted by atomic mass is 9.95. The van der Waals surface area contributed by atoms with E-state index in [-0.39, 0.29) is 17.6 Å². The standard InChI is InChI=1S/C11H19NO2/c1-8(2)9(3)11(14)12-6-4-5-10(13)7-12/h8-9H,4-7H2,1-3H3. The zero-order valence-corrected chi connectivity index (χ0v) is 9.25. The van der Waals surface area contributed by atoms with Gasteiger partial charge < -0.3 is 4.90 Å². The first-order valence-corrected chi connectivity index (χ1v) is 5.33. The van der Waals surface area contributed by atoms with Gasteiger partial charge in [0.05, 0.1) is 6.54 Å². The van der Waals surface area contributed by atoms with Crippen molar-refractivity contribution in [3.63, 3.8) is 0 Å². The normalized spacial score (nSPS) is 20.0. The lowest BCUT2D eigenvalue weighted by molar-refractivity contribution is -0.141. The number of Topliss-reactive ketones (excluding diaryl/α,β-unsaturated/α-hetero) is 1. The van der Waals surface area contributed by atoms with E-state index >= 15 is 0 Å². The van der Waals surface area contributed by atoms with E-state index in [4.69, 9.17) is 0 Å². The van der Waals surface area contributed by atoms with Crippen LogP contribution in [0.3, 0.4) is 0 Å². The number of piperidine rings is 1. The average molecular weight is 197 g/mol. The number of ketones is 1. The third kappa shape index (κ3) is 2.56. The van der Waals surface area contributed by atoms with Gasteiger partial charge in [-0.3, -0.25) is 9.59 Å². The number of hydrogen-bond donors (Lipinski definition) is 0. The predicted octanol–water partition coefficient (Wildman–Crippen LogP) is 1.47. The summed E-state index contributed by atoms with van der Waals surface area (Å²) in [5.41, 5.74) is 0. The molecule has 80 valence electrons. The maximum absolute atomic E-state index is 11.9. The zero-order valence-electron chi connectivity index (χ0n) is 9.25. The molecule has 3 heteroatoms. The van der Waals surface area contributed by atoms with E-state index < -0.39 is 0 Å². The Hall–Kier alpha value is -0.860. The van der Waals surface area contributed by atoms with Crippen molar-refractivity contribution < 1.29 is 9.59 Å². The monoisotopic (exact) mass is 197 g/mol. The molecule has 3 nitrogen and oxygen atoms in total. The van der Waals surface area contributed by atoms with E-state index in [9.17, 15) is 9.59 Å². The highest BCUT2D eigenvalue weighted by Gasteiger charge is 2.26. The van der Waals surface area contributed by atoms with Crippen LogP contribution < -0.4 is 0 Å². The van der Waals surface area contributed by atoms with E-state index in [2.05, 4.69) is 0 Å². The fourth-order valence-corrected chi connectivity index (χ4v) is 1.60. The molecule has 0 aromatic heterocycles. The van der Waals surface area contributed by atoms with Crippen molar-refractivity contribution in [1.82, 2.24) is 4.90 Å². The second-order valence-electron chi connectivity index (χ2n) is 4.43. The van der Waals surface area contributed by atoms with Gasteiger partial charge in [0.1, 0.15) is 0 Å². The first-order chi connectivity index (χ1) is 6.52. The van der Waals surface area contributed by atoms with E-state index in [1.165, 1.54) is 0 Å². The molecule has 14 heavy (non-hydrogen) atoms. The van der Waals surface area contributed by atoms with Crippen molar-refractivity contribution in [3.05, 3.63) is 0 Å². The summed E-state index contributed by atoms with van der Waals surface area (Å²) in [6.45, 7) is 7.09. The summed E-state index contributed by atoms with van der Waals surface area (Å²) in [6, 6.07) is 0. The number of rotatable bonds is 2. The Morgan fingerprint density at radius 3 is 2.50 bits per heavy atom. The molecule has 1 unspecified atom stereocenters. The Morgan fingerprint density at radius 2 is 2.00 bits per heavy atom. The molecule has 0 radical (unpaired) electrons. The highest BCUT2D eigenvalue weighted by atomic mass is 16.2. The second kappa shape index (κ2) is 4.58. The summed E-state index contributed by atoms with van der Waals surface area (Å²) in [7, 11) is 0. The smallest absolute Gasteiger partial charge is 0.226 e. The number of amides is 1. The van der Waals surface area contributed by atoms with E-state index in [1.807, 2.05) is 20.8 Å². The van der Waals surface area contributed by atoms with Gasteiger partial charge in [0.25, 0.3) is 0 Å². The van der Waals surface area contributed by atoms with Crippen LogP contribution in [0.2, 0.25) is 0 Å². The molecule has 1 saturated heterocycles. The van der Waals surface area contributed by atoms with Gasteiger partial charge in [-0.1, -0.05) is 20.8 Å². The van der Waals surface area contributed by atoms with Gasteiger partial charge in [-0.05, 0) is 12.3 Å². The molecule has 1 aliphatic heterocycles. The minimum Gasteiger partial charge on any atom is -0.335 e. The number of nitrogens with zero attached hydrogens (tertiary/aromatic N) is 1. The fraction of sp³-hybridized carbons (Fsp3) is 0.818. The van der Waals surface area contributed by atoms with Crippen molar-refractivity contribution in [3.8, 4) is 0 Å². The molecule has 0 aliphatic carbocycles. The van der Waals surface area contributed by atoms with Crippen molar-refractivity contribution >= 4 is 11.7 Å². The van der Waals surface area contributed by atoms with Gasteiger partial charge in [0.15, 0.2) is 5.78 Å². The molecule has 0 aromatic rings. The summed E-state index contributed by atoms with van der Waals surface area (Å²) in [4.78, 5) is 24.7. The molecule has 1 aliphatic rings. The van der Waals surface area contributed by atoms with Crippen LogP contribution in [0, 0.1) is 11.8 Å². The molecule has 1 fully saturated rings. The predicted molar refractivity (Wildman–Crippen MR) is 54.8 cm³/mol. The maximum atomic E-state index is 11.9. The van der Waals surface area contributed by atoms with Gasteiger partial charge in [0, 0.05) is 18.9 Å².